The van der Waals surface area contributed by atoms with Gasteiger partial charge in [0.05, 0.1) is 6.54 Å². The van der Waals surface area contributed by atoms with E-state index in [-0.39, 0.29) is 36.3 Å². The quantitative estimate of drug-likeness (QED) is 0.275. The van der Waals surface area contributed by atoms with E-state index in [0.29, 0.717) is 19.0 Å². The maximum Gasteiger partial charge on any atom is 0.188 e. The zero-order chi connectivity index (χ0) is 15.5. The number of guanidine groups is 1. The average molecular weight is 427 g/mol. The fourth-order valence-corrected chi connectivity index (χ4v) is 1.73. The molecule has 1 rings (SSSR count). The van der Waals surface area contributed by atoms with Gasteiger partial charge in [-0.1, -0.05) is 26.2 Å². The van der Waals surface area contributed by atoms with Crippen molar-refractivity contribution in [1.82, 2.24) is 5.32 Å². The van der Waals surface area contributed by atoms with Gasteiger partial charge in [0, 0.05) is 12.6 Å². The van der Waals surface area contributed by atoms with Gasteiger partial charge in [-0.05, 0) is 18.6 Å². The third-order valence-corrected chi connectivity index (χ3v) is 2.85. The summed E-state index contributed by atoms with van der Waals surface area (Å²) in [6.07, 6.45) is 4.57. The normalized spacial score (nSPS) is 11.0. The van der Waals surface area contributed by atoms with Gasteiger partial charge < -0.3 is 15.8 Å². The van der Waals surface area contributed by atoms with Gasteiger partial charge >= 0.3 is 0 Å². The van der Waals surface area contributed by atoms with Crippen LogP contribution < -0.4 is 15.8 Å². The molecule has 0 aliphatic carbocycles. The molecule has 0 aliphatic heterocycles. The summed E-state index contributed by atoms with van der Waals surface area (Å²) in [6.45, 7) is 3.48. The fraction of sp³-hybridized carbons (Fsp3) is 0.533. The predicted octanol–water partition coefficient (Wildman–Crippen LogP) is 3.45. The van der Waals surface area contributed by atoms with Gasteiger partial charge in [-0.25, -0.2) is 8.78 Å². The van der Waals surface area contributed by atoms with Crippen molar-refractivity contribution in [3.8, 4) is 5.75 Å². The van der Waals surface area contributed by atoms with Crippen LogP contribution in [0, 0.1) is 11.6 Å². The summed E-state index contributed by atoms with van der Waals surface area (Å²) in [4.78, 5) is 4.17. The van der Waals surface area contributed by atoms with Crippen LogP contribution in [0.4, 0.5) is 8.78 Å². The first kappa shape index (κ1) is 20.9. The fourth-order valence-electron chi connectivity index (χ4n) is 1.73. The highest BCUT2D eigenvalue weighted by Crippen LogP contribution is 2.17. The van der Waals surface area contributed by atoms with Gasteiger partial charge in [0.1, 0.15) is 12.4 Å². The minimum atomic E-state index is -0.715. The van der Waals surface area contributed by atoms with Crippen LogP contribution >= 0.6 is 24.0 Å². The highest BCUT2D eigenvalue weighted by molar-refractivity contribution is 14.0. The Balaban J connectivity index is 0.00000441. The van der Waals surface area contributed by atoms with Crippen molar-refractivity contribution >= 4 is 29.9 Å². The molecule has 0 fully saturated rings. The summed E-state index contributed by atoms with van der Waals surface area (Å²) in [5.74, 6) is -0.965. The molecule has 1 aromatic rings. The number of hydrogen-bond acceptors (Lipinski definition) is 2. The van der Waals surface area contributed by atoms with E-state index in [1.54, 1.807) is 0 Å². The summed E-state index contributed by atoms with van der Waals surface area (Å²) in [5.41, 5.74) is 5.68. The number of nitrogens with one attached hydrogen (secondary N) is 1. The van der Waals surface area contributed by atoms with Crippen LogP contribution in [0.5, 0.6) is 5.75 Å². The van der Waals surface area contributed by atoms with Gasteiger partial charge in [0.25, 0.3) is 0 Å². The van der Waals surface area contributed by atoms with Gasteiger partial charge in [0.15, 0.2) is 17.5 Å². The number of ether oxygens (including phenoxy) is 1. The second kappa shape index (κ2) is 12.4. The summed E-state index contributed by atoms with van der Waals surface area (Å²) in [7, 11) is 0. The maximum atomic E-state index is 13.3. The first-order chi connectivity index (χ1) is 10.1. The molecule has 0 saturated heterocycles. The van der Waals surface area contributed by atoms with E-state index < -0.39 is 11.6 Å². The molecule has 1 aromatic carbocycles. The first-order valence-corrected chi connectivity index (χ1v) is 7.25. The molecule has 0 radical (unpaired) electrons. The number of hydrogen-bond donors (Lipinski definition) is 2. The Kier molecular flexibility index (Phi) is 11.8. The van der Waals surface area contributed by atoms with Crippen LogP contribution in [0.1, 0.15) is 32.6 Å². The lowest BCUT2D eigenvalue weighted by atomic mass is 10.2. The topological polar surface area (TPSA) is 59.6 Å². The molecule has 0 unspecified atom stereocenters. The third kappa shape index (κ3) is 9.01. The number of nitrogens with two attached hydrogens (primary N) is 1. The van der Waals surface area contributed by atoms with E-state index in [4.69, 9.17) is 10.5 Å². The van der Waals surface area contributed by atoms with Gasteiger partial charge in [-0.2, -0.15) is 0 Å². The molecule has 126 valence electrons. The molecule has 0 atom stereocenters. The van der Waals surface area contributed by atoms with Crippen molar-refractivity contribution < 1.29 is 13.5 Å². The van der Waals surface area contributed by atoms with Gasteiger partial charge in [0.2, 0.25) is 0 Å². The number of halogens is 3. The lowest BCUT2D eigenvalue weighted by molar-refractivity contribution is 0.305. The number of nitrogens with zero attached hydrogens (tertiary/aromatic N) is 1. The summed E-state index contributed by atoms with van der Waals surface area (Å²) in [5, 5.41) is 2.88. The van der Waals surface area contributed by atoms with E-state index >= 15 is 0 Å². The number of aliphatic imine (C=N–C) groups is 1. The van der Waals surface area contributed by atoms with E-state index in [2.05, 4.69) is 17.2 Å². The third-order valence-electron chi connectivity index (χ3n) is 2.85. The Labute approximate surface area is 147 Å². The monoisotopic (exact) mass is 427 g/mol. The number of unbranched alkanes of at least 4 members (excludes halogenated alkanes) is 3. The predicted molar refractivity (Wildman–Crippen MR) is 95.9 cm³/mol. The second-order valence-electron chi connectivity index (χ2n) is 4.68. The van der Waals surface area contributed by atoms with Gasteiger partial charge in [-0.3, -0.25) is 4.99 Å². The highest BCUT2D eigenvalue weighted by Gasteiger charge is 2.04. The first-order valence-electron chi connectivity index (χ1n) is 7.25. The Morgan fingerprint density at radius 2 is 2.05 bits per heavy atom. The Morgan fingerprint density at radius 1 is 1.27 bits per heavy atom. The molecule has 7 heteroatoms. The minimum absolute atomic E-state index is 0. The van der Waals surface area contributed by atoms with Crippen LogP contribution in [-0.4, -0.2) is 25.7 Å². The molecule has 22 heavy (non-hydrogen) atoms. The molecular formula is C15H24F2IN3O. The summed E-state index contributed by atoms with van der Waals surface area (Å²) in [6, 6.07) is 3.20. The molecule has 0 spiro atoms. The Hall–Kier alpha value is -1.12. The molecule has 0 bridgehead atoms. The van der Waals surface area contributed by atoms with Crippen molar-refractivity contribution in [1.29, 1.82) is 0 Å². The molecule has 0 amide bonds. The van der Waals surface area contributed by atoms with Crippen LogP contribution in [0.15, 0.2) is 23.2 Å². The number of rotatable bonds is 9. The molecule has 3 N–H and O–H groups in total. The SMILES string of the molecule is CCCCCCN=C(N)NCCOc1ccc(F)cc1F.I. The summed E-state index contributed by atoms with van der Waals surface area (Å²) >= 11 is 0. The van der Waals surface area contributed by atoms with E-state index in [9.17, 15) is 8.78 Å². The molecule has 4 nitrogen and oxygen atoms in total. The van der Waals surface area contributed by atoms with Crippen LogP contribution in [0.25, 0.3) is 0 Å². The standard InChI is InChI=1S/C15H23F2N3O.HI/c1-2-3-4-5-8-19-15(18)20-9-10-21-14-7-6-12(16)11-13(14)17;/h6-7,11H,2-5,8-10H2,1H3,(H3,18,19,20);1H. The highest BCUT2D eigenvalue weighted by atomic mass is 127. The minimum Gasteiger partial charge on any atom is -0.489 e. The lowest BCUT2D eigenvalue weighted by Crippen LogP contribution is -2.34. The molecule has 0 saturated carbocycles. The van der Waals surface area contributed by atoms with E-state index in [0.717, 1.165) is 25.0 Å². The van der Waals surface area contributed by atoms with Crippen molar-refractivity contribution in [2.75, 3.05) is 19.7 Å². The van der Waals surface area contributed by atoms with Crippen molar-refractivity contribution in [2.24, 2.45) is 10.7 Å². The van der Waals surface area contributed by atoms with Gasteiger partial charge in [-0.15, -0.1) is 24.0 Å². The maximum absolute atomic E-state index is 13.3. The van der Waals surface area contributed by atoms with Crippen molar-refractivity contribution in [3.05, 3.63) is 29.8 Å². The molecule has 0 aromatic heterocycles. The number of benzene rings is 1. The average Bonchev–Trinajstić information content (AvgIpc) is 2.45. The lowest BCUT2D eigenvalue weighted by Gasteiger charge is -2.08. The smallest absolute Gasteiger partial charge is 0.188 e. The van der Waals surface area contributed by atoms with Crippen LogP contribution in [0.2, 0.25) is 0 Å². The largest absolute Gasteiger partial charge is 0.489 e. The van der Waals surface area contributed by atoms with E-state index in [1.165, 1.54) is 18.9 Å². The van der Waals surface area contributed by atoms with Crippen molar-refractivity contribution in [2.45, 2.75) is 32.6 Å². The van der Waals surface area contributed by atoms with Crippen LogP contribution in [0.3, 0.4) is 0 Å². The van der Waals surface area contributed by atoms with E-state index in [1.807, 2.05) is 0 Å². The molecular weight excluding hydrogens is 403 g/mol. The Bertz CT molecular complexity index is 458. The summed E-state index contributed by atoms with van der Waals surface area (Å²) < 4.78 is 31.2. The zero-order valence-electron chi connectivity index (χ0n) is 12.8. The zero-order valence-corrected chi connectivity index (χ0v) is 15.1. The Morgan fingerprint density at radius 3 is 2.73 bits per heavy atom. The van der Waals surface area contributed by atoms with Crippen molar-refractivity contribution in [3.63, 3.8) is 0 Å². The molecule has 0 heterocycles. The van der Waals surface area contributed by atoms with Crippen LogP contribution in [-0.2, 0) is 0 Å². The molecule has 0 aliphatic rings. The second-order valence-corrected chi connectivity index (χ2v) is 4.68.